The summed E-state index contributed by atoms with van der Waals surface area (Å²) in [4.78, 5) is 11.7. The lowest BCUT2D eigenvalue weighted by atomic mass is 9.89. The fraction of sp³-hybridized carbons (Fsp3) is 0.708. The summed E-state index contributed by atoms with van der Waals surface area (Å²) >= 11 is 0. The molecule has 2 rings (SSSR count). The van der Waals surface area contributed by atoms with Crippen LogP contribution in [0.4, 0.5) is 0 Å². The van der Waals surface area contributed by atoms with Crippen molar-refractivity contribution in [3.05, 3.63) is 23.8 Å². The molecule has 0 saturated heterocycles. The molecule has 4 nitrogen and oxygen atoms in total. The maximum atomic E-state index is 11.7. The lowest BCUT2D eigenvalue weighted by molar-refractivity contribution is -0.143. The standard InChI is InChI=1S/C24H36O4/c1-4-6-9-17(3)22(25)13-12-20-21-15-18(14-19(21)16-23(20)26)10-7-8-11-24(27)28-5-2/h10,12-13,17,19-23,25-26H,5,7-9,11,14-16H2,1-3H3/b13-12+,18-10+/t17?,19-,20+,21-,22+,23+/m0/s1/i11D2. The van der Waals surface area contributed by atoms with Crippen molar-refractivity contribution in [3.8, 4) is 11.8 Å². The maximum Gasteiger partial charge on any atom is 0.305 e. The Hall–Kier alpha value is -1.57. The van der Waals surface area contributed by atoms with E-state index in [1.165, 1.54) is 5.57 Å². The Morgan fingerprint density at radius 2 is 2.25 bits per heavy atom. The van der Waals surface area contributed by atoms with Crippen molar-refractivity contribution in [2.75, 3.05) is 6.61 Å². The predicted molar refractivity (Wildman–Crippen MR) is 111 cm³/mol. The van der Waals surface area contributed by atoms with Crippen molar-refractivity contribution in [1.82, 2.24) is 0 Å². The molecular weight excluding hydrogens is 352 g/mol. The molecule has 0 aliphatic heterocycles. The molecule has 2 aliphatic carbocycles. The van der Waals surface area contributed by atoms with Crippen LogP contribution in [0.1, 0.15) is 68.4 Å². The van der Waals surface area contributed by atoms with E-state index in [2.05, 4.69) is 17.9 Å². The second-order valence-electron chi connectivity index (χ2n) is 7.99. The normalized spacial score (nSPS) is 31.7. The largest absolute Gasteiger partial charge is 0.466 e. The van der Waals surface area contributed by atoms with Crippen LogP contribution in [0.5, 0.6) is 0 Å². The van der Waals surface area contributed by atoms with Gasteiger partial charge in [0.1, 0.15) is 0 Å². The average molecular weight is 391 g/mol. The van der Waals surface area contributed by atoms with Crippen molar-refractivity contribution in [2.24, 2.45) is 23.7 Å². The molecule has 1 unspecified atom stereocenters. The quantitative estimate of drug-likeness (QED) is 0.354. The monoisotopic (exact) mass is 390 g/mol. The molecule has 6 atom stereocenters. The van der Waals surface area contributed by atoms with Gasteiger partial charge in [0, 0.05) is 21.5 Å². The van der Waals surface area contributed by atoms with Crippen molar-refractivity contribution in [1.29, 1.82) is 0 Å². The number of ether oxygens (including phenoxy) is 1. The number of rotatable bonds is 9. The third kappa shape index (κ3) is 6.50. The fourth-order valence-corrected chi connectivity index (χ4v) is 4.39. The molecule has 0 heterocycles. The summed E-state index contributed by atoms with van der Waals surface area (Å²) in [5, 5.41) is 20.8. The summed E-state index contributed by atoms with van der Waals surface area (Å²) in [6.45, 7) is 5.61. The van der Waals surface area contributed by atoms with E-state index in [1.54, 1.807) is 13.8 Å². The minimum Gasteiger partial charge on any atom is -0.466 e. The van der Waals surface area contributed by atoms with E-state index in [1.807, 2.05) is 19.1 Å². The number of aliphatic hydroxyl groups is 2. The van der Waals surface area contributed by atoms with E-state index in [0.29, 0.717) is 24.7 Å². The van der Waals surface area contributed by atoms with E-state index in [4.69, 9.17) is 7.48 Å². The van der Waals surface area contributed by atoms with E-state index < -0.39 is 18.4 Å². The highest BCUT2D eigenvalue weighted by atomic mass is 16.5. The Morgan fingerprint density at radius 1 is 1.46 bits per heavy atom. The lowest BCUT2D eigenvalue weighted by Crippen LogP contribution is -2.19. The number of hydrogen-bond acceptors (Lipinski definition) is 4. The summed E-state index contributed by atoms with van der Waals surface area (Å²) in [6, 6.07) is 0. The summed E-state index contributed by atoms with van der Waals surface area (Å²) in [5.41, 5.74) is 1.28. The van der Waals surface area contributed by atoms with Crippen LogP contribution >= 0.6 is 0 Å². The minimum absolute atomic E-state index is 0.0333. The van der Waals surface area contributed by atoms with Crippen LogP contribution in [0.2, 0.25) is 0 Å². The number of allylic oxidation sites excluding steroid dienone is 2. The summed E-state index contributed by atoms with van der Waals surface area (Å²) in [5.74, 6) is 5.91. The second kappa shape index (κ2) is 11.4. The molecule has 0 bridgehead atoms. The first kappa shape index (κ1) is 19.7. The Morgan fingerprint density at radius 3 is 2.96 bits per heavy atom. The van der Waals surface area contributed by atoms with Crippen LogP contribution in [0.15, 0.2) is 23.8 Å². The average Bonchev–Trinajstić information content (AvgIpc) is 3.20. The van der Waals surface area contributed by atoms with Gasteiger partial charge in [-0.1, -0.05) is 30.7 Å². The highest BCUT2D eigenvalue weighted by Gasteiger charge is 2.44. The maximum absolute atomic E-state index is 11.7. The predicted octanol–water partition coefficient (Wildman–Crippen LogP) is 4.02. The van der Waals surface area contributed by atoms with Gasteiger partial charge in [0.05, 0.1) is 18.8 Å². The zero-order chi connectivity index (χ0) is 22.3. The summed E-state index contributed by atoms with van der Waals surface area (Å²) < 4.78 is 20.5. The number of aliphatic hydroxyl groups excluding tert-OH is 2. The zero-order valence-corrected chi connectivity index (χ0v) is 17.4. The van der Waals surface area contributed by atoms with Crippen molar-refractivity contribution >= 4 is 5.97 Å². The van der Waals surface area contributed by atoms with Crippen LogP contribution in [-0.4, -0.2) is 35.0 Å². The number of carbonyl (C=O) groups excluding carboxylic acids is 1. The Balaban J connectivity index is 1.91. The Kier molecular flexibility index (Phi) is 8.06. The lowest BCUT2D eigenvalue weighted by Gasteiger charge is -2.19. The van der Waals surface area contributed by atoms with Crippen LogP contribution in [0.25, 0.3) is 0 Å². The van der Waals surface area contributed by atoms with E-state index in [0.717, 1.165) is 19.3 Å². The molecule has 0 aromatic heterocycles. The number of esters is 1. The van der Waals surface area contributed by atoms with Gasteiger partial charge < -0.3 is 14.9 Å². The van der Waals surface area contributed by atoms with Crippen molar-refractivity contribution in [3.63, 3.8) is 0 Å². The second-order valence-corrected chi connectivity index (χ2v) is 7.99. The molecule has 0 amide bonds. The van der Waals surface area contributed by atoms with Gasteiger partial charge in [0.2, 0.25) is 0 Å². The van der Waals surface area contributed by atoms with Gasteiger partial charge in [-0.25, -0.2) is 0 Å². The number of carbonyl (C=O) groups is 1. The van der Waals surface area contributed by atoms with Crippen LogP contribution in [0.3, 0.4) is 0 Å². The third-order valence-corrected chi connectivity index (χ3v) is 5.95. The van der Waals surface area contributed by atoms with Crippen molar-refractivity contribution in [2.45, 2.75) is 77.9 Å². The molecule has 0 spiro atoms. The SMILES string of the molecule is [2H]C([2H])(CC/C=C1\C[C@H]2C[C@@H](O)[C@H](/C=C/[C@@H](O)C(C)CC#CC)[C@H]2C1)C(=O)OCC. The van der Waals surface area contributed by atoms with Gasteiger partial charge >= 0.3 is 5.97 Å². The molecule has 0 aromatic rings. The van der Waals surface area contributed by atoms with Gasteiger partial charge in [-0.2, -0.15) is 0 Å². The molecule has 2 N–H and O–H groups in total. The van der Waals surface area contributed by atoms with E-state index >= 15 is 0 Å². The minimum atomic E-state index is -1.96. The highest BCUT2D eigenvalue weighted by molar-refractivity contribution is 5.69. The Labute approximate surface area is 172 Å². The fourth-order valence-electron chi connectivity index (χ4n) is 4.39. The first-order valence-corrected chi connectivity index (χ1v) is 10.5. The van der Waals surface area contributed by atoms with Crippen LogP contribution in [-0.2, 0) is 9.53 Å². The van der Waals surface area contributed by atoms with Crippen LogP contribution < -0.4 is 0 Å². The van der Waals surface area contributed by atoms with Crippen molar-refractivity contribution < 1.29 is 22.5 Å². The molecule has 4 heteroatoms. The third-order valence-electron chi connectivity index (χ3n) is 5.95. The summed E-state index contributed by atoms with van der Waals surface area (Å²) in [6.07, 6.45) is 6.76. The summed E-state index contributed by atoms with van der Waals surface area (Å²) in [7, 11) is 0. The van der Waals surface area contributed by atoms with Gasteiger partial charge in [-0.05, 0) is 63.7 Å². The van der Waals surface area contributed by atoms with Gasteiger partial charge in [0.25, 0.3) is 0 Å². The molecular formula is C24H36O4. The van der Waals surface area contributed by atoms with Gasteiger partial charge in [0.15, 0.2) is 0 Å². The molecule has 156 valence electrons. The molecule has 2 aliphatic rings. The molecule has 2 fully saturated rings. The first-order valence-electron chi connectivity index (χ1n) is 11.5. The number of hydrogen-bond donors (Lipinski definition) is 2. The van der Waals surface area contributed by atoms with Crippen LogP contribution in [0, 0.1) is 35.5 Å². The van der Waals surface area contributed by atoms with E-state index in [9.17, 15) is 15.0 Å². The topological polar surface area (TPSA) is 66.8 Å². The molecule has 28 heavy (non-hydrogen) atoms. The van der Waals surface area contributed by atoms with Gasteiger partial charge in [-0.15, -0.1) is 11.8 Å². The first-order chi connectivity index (χ1) is 14.2. The smallest absolute Gasteiger partial charge is 0.305 e. The Bertz CT molecular complexity index is 704. The number of fused-ring (bicyclic) bond motifs is 1. The van der Waals surface area contributed by atoms with E-state index in [-0.39, 0.29) is 31.0 Å². The van der Waals surface area contributed by atoms with Gasteiger partial charge in [-0.3, -0.25) is 4.79 Å². The molecule has 2 saturated carbocycles. The molecule has 0 aromatic carbocycles. The zero-order valence-electron chi connectivity index (χ0n) is 19.4. The molecule has 0 radical (unpaired) electrons. The highest BCUT2D eigenvalue weighted by Crippen LogP contribution is 2.50.